The Labute approximate surface area is 216 Å². The highest BCUT2D eigenvalue weighted by atomic mass is 32.2. The molecule has 4 rings (SSSR count). The molecule has 0 spiro atoms. The minimum Gasteiger partial charge on any atom is -0.491 e. The van der Waals surface area contributed by atoms with Crippen LogP contribution in [0.4, 0.5) is 11.5 Å². The van der Waals surface area contributed by atoms with Crippen LogP contribution in [0.2, 0.25) is 0 Å². The van der Waals surface area contributed by atoms with E-state index in [1.54, 1.807) is 25.3 Å². The van der Waals surface area contributed by atoms with Crippen LogP contribution in [0.3, 0.4) is 0 Å². The Bertz CT molecular complexity index is 1280. The van der Waals surface area contributed by atoms with Crippen molar-refractivity contribution in [3.8, 4) is 5.75 Å². The van der Waals surface area contributed by atoms with Crippen molar-refractivity contribution in [3.05, 3.63) is 48.0 Å². The monoisotopic (exact) mass is 532 g/mol. The van der Waals surface area contributed by atoms with E-state index in [1.807, 2.05) is 24.3 Å². The molecule has 0 radical (unpaired) electrons. The summed E-state index contributed by atoms with van der Waals surface area (Å²) in [5, 5.41) is 10.5. The predicted octanol–water partition coefficient (Wildman–Crippen LogP) is 2.34. The molecule has 2 N–H and O–H groups in total. The van der Waals surface area contributed by atoms with Gasteiger partial charge in [0.2, 0.25) is 15.9 Å². The van der Waals surface area contributed by atoms with Gasteiger partial charge in [-0.05, 0) is 42.3 Å². The largest absolute Gasteiger partial charge is 0.491 e. The fourth-order valence-electron chi connectivity index (χ4n) is 3.93. The maximum absolute atomic E-state index is 12.7. The molecule has 0 bridgehead atoms. The number of carbonyl (C=O) groups is 1. The average molecular weight is 533 g/mol. The van der Waals surface area contributed by atoms with E-state index < -0.39 is 10.0 Å². The zero-order chi connectivity index (χ0) is 26.1. The SMILES string of the molecule is COCCOCCOCCOc1ccc(CC(=O)Nc2n[nH]c3ccc(N4CCCS4(=O)=O)cc23)cc1. The molecule has 0 unspecified atom stereocenters. The fourth-order valence-corrected chi connectivity index (χ4v) is 5.49. The Morgan fingerprint density at radius 3 is 2.46 bits per heavy atom. The van der Waals surface area contributed by atoms with Crippen molar-refractivity contribution < 1.29 is 32.2 Å². The number of nitrogens with one attached hydrogen (secondary N) is 2. The standard InChI is InChI=1S/C25H32N4O7S/c1-33-10-11-34-12-13-35-14-15-36-21-6-3-19(4-7-21)17-24(30)26-25-22-18-20(5-8-23(22)27-28-25)29-9-2-16-37(29,31)32/h3-8,18H,2,9-17H2,1H3,(H2,26,27,28,30). The molecule has 1 fully saturated rings. The van der Waals surface area contributed by atoms with Crippen LogP contribution in [-0.4, -0.2) is 83.6 Å². The van der Waals surface area contributed by atoms with Crippen LogP contribution in [0.1, 0.15) is 12.0 Å². The maximum Gasteiger partial charge on any atom is 0.235 e. The number of rotatable bonds is 14. The summed E-state index contributed by atoms with van der Waals surface area (Å²) in [5.41, 5.74) is 2.09. The van der Waals surface area contributed by atoms with Gasteiger partial charge in [0.25, 0.3) is 0 Å². The third kappa shape index (κ3) is 7.41. The van der Waals surface area contributed by atoms with E-state index in [9.17, 15) is 13.2 Å². The lowest BCUT2D eigenvalue weighted by Crippen LogP contribution is -2.24. The summed E-state index contributed by atoms with van der Waals surface area (Å²) < 4.78 is 47.3. The molecule has 11 nitrogen and oxygen atoms in total. The molecule has 0 saturated carbocycles. The highest BCUT2D eigenvalue weighted by Crippen LogP contribution is 2.30. The number of amides is 1. The molecule has 0 aliphatic carbocycles. The Hall–Kier alpha value is -3.19. The van der Waals surface area contributed by atoms with Gasteiger partial charge in [-0.1, -0.05) is 12.1 Å². The van der Waals surface area contributed by atoms with Gasteiger partial charge in [-0.3, -0.25) is 14.2 Å². The van der Waals surface area contributed by atoms with Crippen molar-refractivity contribution in [1.29, 1.82) is 0 Å². The molecule has 0 atom stereocenters. The highest BCUT2D eigenvalue weighted by molar-refractivity contribution is 7.93. The number of aromatic nitrogens is 2. The van der Waals surface area contributed by atoms with Crippen molar-refractivity contribution >= 4 is 38.3 Å². The smallest absolute Gasteiger partial charge is 0.235 e. The van der Waals surface area contributed by atoms with Crippen molar-refractivity contribution in [2.45, 2.75) is 12.8 Å². The first-order valence-corrected chi connectivity index (χ1v) is 13.7. The van der Waals surface area contributed by atoms with Crippen LogP contribution in [0.25, 0.3) is 10.9 Å². The molecule has 1 aromatic heterocycles. The number of fused-ring (bicyclic) bond motifs is 1. The number of hydrogen-bond donors (Lipinski definition) is 2. The van der Waals surface area contributed by atoms with E-state index >= 15 is 0 Å². The Kier molecular flexibility index (Phi) is 9.34. The molecule has 3 aromatic rings. The number of nitrogens with zero attached hydrogens (tertiary/aromatic N) is 2. The molecule has 1 aliphatic rings. The lowest BCUT2D eigenvalue weighted by Gasteiger charge is -2.16. The van der Waals surface area contributed by atoms with Gasteiger partial charge in [0.05, 0.1) is 56.4 Å². The normalized spacial score (nSPS) is 14.8. The minimum atomic E-state index is -3.30. The minimum absolute atomic E-state index is 0.142. The van der Waals surface area contributed by atoms with Crippen LogP contribution >= 0.6 is 0 Å². The Morgan fingerprint density at radius 1 is 1.03 bits per heavy atom. The zero-order valence-corrected chi connectivity index (χ0v) is 21.6. The van der Waals surface area contributed by atoms with E-state index in [0.29, 0.717) is 80.8 Å². The molecule has 200 valence electrons. The number of methoxy groups -OCH3 is 1. The Morgan fingerprint density at radius 2 is 1.76 bits per heavy atom. The molecule has 37 heavy (non-hydrogen) atoms. The molecular formula is C25H32N4O7S. The van der Waals surface area contributed by atoms with Crippen molar-refractivity contribution in [3.63, 3.8) is 0 Å². The van der Waals surface area contributed by atoms with Gasteiger partial charge in [0, 0.05) is 19.0 Å². The summed E-state index contributed by atoms with van der Waals surface area (Å²) in [6.45, 7) is 3.41. The van der Waals surface area contributed by atoms with Crippen LogP contribution in [0.15, 0.2) is 42.5 Å². The van der Waals surface area contributed by atoms with Crippen LogP contribution in [-0.2, 0) is 35.4 Å². The van der Waals surface area contributed by atoms with E-state index in [1.165, 1.54) is 4.31 Å². The van der Waals surface area contributed by atoms with E-state index in [2.05, 4.69) is 15.5 Å². The third-order valence-corrected chi connectivity index (χ3v) is 7.65. The first kappa shape index (κ1) is 26.9. The third-order valence-electron chi connectivity index (χ3n) is 5.78. The number of benzene rings is 2. The second kappa shape index (κ2) is 12.9. The number of sulfonamides is 1. The summed E-state index contributed by atoms with van der Waals surface area (Å²) >= 11 is 0. The van der Waals surface area contributed by atoms with Crippen LogP contribution in [0.5, 0.6) is 5.75 Å². The quantitative estimate of drug-likeness (QED) is 0.303. The number of aromatic amines is 1. The van der Waals surface area contributed by atoms with Gasteiger partial charge in [-0.15, -0.1) is 0 Å². The summed E-state index contributed by atoms with van der Waals surface area (Å²) in [5.74, 6) is 0.958. The van der Waals surface area contributed by atoms with Gasteiger partial charge >= 0.3 is 0 Å². The molecule has 2 aromatic carbocycles. The fraction of sp³-hybridized carbons (Fsp3) is 0.440. The van der Waals surface area contributed by atoms with Crippen molar-refractivity contribution in [2.24, 2.45) is 0 Å². The van der Waals surface area contributed by atoms with Gasteiger partial charge in [-0.25, -0.2) is 8.42 Å². The van der Waals surface area contributed by atoms with Crippen LogP contribution < -0.4 is 14.4 Å². The van der Waals surface area contributed by atoms with Crippen LogP contribution in [0, 0.1) is 0 Å². The molecule has 12 heteroatoms. The van der Waals surface area contributed by atoms with Gasteiger partial charge in [0.1, 0.15) is 12.4 Å². The molecular weight excluding hydrogens is 500 g/mol. The van der Waals surface area contributed by atoms with E-state index in [0.717, 1.165) is 5.56 Å². The first-order chi connectivity index (χ1) is 18.0. The number of ether oxygens (including phenoxy) is 4. The number of hydrogen-bond acceptors (Lipinski definition) is 8. The summed E-state index contributed by atoms with van der Waals surface area (Å²) in [6.07, 6.45) is 0.749. The molecule has 1 saturated heterocycles. The maximum atomic E-state index is 12.7. The molecule has 1 amide bonds. The lowest BCUT2D eigenvalue weighted by molar-refractivity contribution is -0.115. The summed E-state index contributed by atoms with van der Waals surface area (Å²) in [7, 11) is -1.67. The zero-order valence-electron chi connectivity index (χ0n) is 20.8. The summed E-state index contributed by atoms with van der Waals surface area (Å²) in [6, 6.07) is 12.5. The predicted molar refractivity (Wildman–Crippen MR) is 140 cm³/mol. The van der Waals surface area contributed by atoms with Crippen molar-refractivity contribution in [1.82, 2.24) is 10.2 Å². The van der Waals surface area contributed by atoms with E-state index in [-0.39, 0.29) is 18.1 Å². The number of H-pyrrole nitrogens is 1. The number of anilines is 2. The molecule has 1 aliphatic heterocycles. The first-order valence-electron chi connectivity index (χ1n) is 12.1. The highest BCUT2D eigenvalue weighted by Gasteiger charge is 2.28. The second-order valence-electron chi connectivity index (χ2n) is 8.48. The number of carbonyl (C=O) groups excluding carboxylic acids is 1. The van der Waals surface area contributed by atoms with Gasteiger partial charge in [0.15, 0.2) is 5.82 Å². The lowest BCUT2D eigenvalue weighted by atomic mass is 10.1. The van der Waals surface area contributed by atoms with Crippen molar-refractivity contribution in [2.75, 3.05) is 68.7 Å². The summed E-state index contributed by atoms with van der Waals surface area (Å²) in [4.78, 5) is 12.7. The van der Waals surface area contributed by atoms with Gasteiger partial charge < -0.3 is 24.3 Å². The van der Waals surface area contributed by atoms with E-state index in [4.69, 9.17) is 18.9 Å². The van der Waals surface area contributed by atoms with Gasteiger partial charge in [-0.2, -0.15) is 5.10 Å². The Balaban J connectivity index is 1.24. The second-order valence-corrected chi connectivity index (χ2v) is 10.5. The molecule has 2 heterocycles. The average Bonchev–Trinajstić information content (AvgIpc) is 3.45. The topological polar surface area (TPSA) is 132 Å².